The van der Waals surface area contributed by atoms with E-state index in [1.807, 2.05) is 0 Å². The molecule has 7 atom stereocenters. The summed E-state index contributed by atoms with van der Waals surface area (Å²) in [5.74, 6) is 5.25. The SMILES string of the molecule is C/C=C1/CC[C@H]2[C@@H]3CC[C@@H]4C[C@@](O)(CC(C)C)CC[C@@H]4[C@H]3CC[C@]12C. The van der Waals surface area contributed by atoms with Gasteiger partial charge in [-0.1, -0.05) is 32.4 Å². The standard InChI is InChI=1S/C24H40O/c1-5-18-7-9-22-21-8-6-17-15-24(25,14-16(2)3)13-11-19(17)20(21)10-12-23(18,22)4/h5,16-17,19-22,25H,6-15H2,1-4H3/b18-5-/t17-,19+,20-,21-,22+,23-,24+/m1/s1. The monoisotopic (exact) mass is 344 g/mol. The maximum atomic E-state index is 11.1. The zero-order chi connectivity index (χ0) is 17.8. The molecule has 4 saturated carbocycles. The van der Waals surface area contributed by atoms with Gasteiger partial charge in [0.1, 0.15) is 0 Å². The molecule has 1 nitrogen and oxygen atoms in total. The molecule has 142 valence electrons. The van der Waals surface area contributed by atoms with Crippen molar-refractivity contribution < 1.29 is 5.11 Å². The zero-order valence-corrected chi connectivity index (χ0v) is 17.1. The van der Waals surface area contributed by atoms with E-state index in [0.717, 1.165) is 48.9 Å². The van der Waals surface area contributed by atoms with Crippen LogP contribution >= 0.6 is 0 Å². The van der Waals surface area contributed by atoms with Crippen LogP contribution in [0.4, 0.5) is 0 Å². The summed E-state index contributed by atoms with van der Waals surface area (Å²) in [4.78, 5) is 0. The smallest absolute Gasteiger partial charge is 0.0653 e. The van der Waals surface area contributed by atoms with E-state index in [4.69, 9.17) is 0 Å². The highest BCUT2D eigenvalue weighted by Crippen LogP contribution is 2.64. The van der Waals surface area contributed by atoms with Gasteiger partial charge in [-0.05, 0) is 112 Å². The fourth-order valence-electron chi connectivity index (χ4n) is 8.23. The first kappa shape index (κ1) is 18.1. The van der Waals surface area contributed by atoms with Crippen LogP contribution in [0.1, 0.15) is 91.9 Å². The number of rotatable bonds is 2. The molecule has 0 saturated heterocycles. The summed E-state index contributed by atoms with van der Waals surface area (Å²) in [6.45, 7) is 9.39. The highest BCUT2D eigenvalue weighted by atomic mass is 16.3. The minimum absolute atomic E-state index is 0.350. The van der Waals surface area contributed by atoms with E-state index in [0.29, 0.717) is 11.3 Å². The van der Waals surface area contributed by atoms with Crippen molar-refractivity contribution >= 4 is 0 Å². The summed E-state index contributed by atoms with van der Waals surface area (Å²) in [5.41, 5.74) is 1.94. The van der Waals surface area contributed by atoms with Crippen molar-refractivity contribution in [2.75, 3.05) is 0 Å². The number of allylic oxidation sites excluding steroid dienone is 2. The molecule has 4 fully saturated rings. The van der Waals surface area contributed by atoms with Gasteiger partial charge in [-0.2, -0.15) is 0 Å². The van der Waals surface area contributed by atoms with Crippen LogP contribution in [-0.2, 0) is 0 Å². The van der Waals surface area contributed by atoms with Gasteiger partial charge in [0.25, 0.3) is 0 Å². The number of aliphatic hydroxyl groups is 1. The van der Waals surface area contributed by atoms with Gasteiger partial charge in [0.05, 0.1) is 5.60 Å². The van der Waals surface area contributed by atoms with Crippen molar-refractivity contribution in [3.8, 4) is 0 Å². The number of hydrogen-bond donors (Lipinski definition) is 1. The first-order chi connectivity index (χ1) is 11.9. The van der Waals surface area contributed by atoms with Crippen molar-refractivity contribution in [2.24, 2.45) is 40.9 Å². The average Bonchev–Trinajstić information content (AvgIpc) is 2.89. The van der Waals surface area contributed by atoms with Crippen LogP contribution < -0.4 is 0 Å². The third-order valence-corrected chi connectivity index (χ3v) is 9.09. The Morgan fingerprint density at radius 3 is 2.52 bits per heavy atom. The van der Waals surface area contributed by atoms with Crippen molar-refractivity contribution in [3.05, 3.63) is 11.6 Å². The Labute approximate surface area is 155 Å². The van der Waals surface area contributed by atoms with E-state index >= 15 is 0 Å². The van der Waals surface area contributed by atoms with Crippen LogP contribution in [0, 0.1) is 40.9 Å². The lowest BCUT2D eigenvalue weighted by Crippen LogP contribution is -2.50. The Bertz CT molecular complexity index is 534. The Balaban J connectivity index is 1.50. The lowest BCUT2D eigenvalue weighted by atomic mass is 9.49. The highest BCUT2D eigenvalue weighted by Gasteiger charge is 2.56. The summed E-state index contributed by atoms with van der Waals surface area (Å²) in [6.07, 6.45) is 15.5. The lowest BCUT2D eigenvalue weighted by Gasteiger charge is -2.56. The molecular weight excluding hydrogens is 304 g/mol. The molecule has 0 spiro atoms. The van der Waals surface area contributed by atoms with Crippen LogP contribution in [0.5, 0.6) is 0 Å². The molecule has 1 heteroatoms. The van der Waals surface area contributed by atoms with Gasteiger partial charge in [-0.15, -0.1) is 0 Å². The highest BCUT2D eigenvalue weighted by molar-refractivity contribution is 5.23. The zero-order valence-electron chi connectivity index (χ0n) is 17.1. The third kappa shape index (κ3) is 2.93. The summed E-state index contributed by atoms with van der Waals surface area (Å²) in [7, 11) is 0. The fraction of sp³-hybridized carbons (Fsp3) is 0.917. The molecule has 0 aromatic rings. The van der Waals surface area contributed by atoms with Crippen molar-refractivity contribution in [2.45, 2.75) is 97.5 Å². The molecule has 0 aromatic carbocycles. The van der Waals surface area contributed by atoms with Gasteiger partial charge in [0.2, 0.25) is 0 Å². The van der Waals surface area contributed by atoms with E-state index in [1.165, 1.54) is 44.9 Å². The van der Waals surface area contributed by atoms with Crippen molar-refractivity contribution in [1.29, 1.82) is 0 Å². The molecule has 0 unspecified atom stereocenters. The molecule has 25 heavy (non-hydrogen) atoms. The van der Waals surface area contributed by atoms with Crippen LogP contribution in [0.15, 0.2) is 11.6 Å². The normalized spacial score (nSPS) is 51.3. The second kappa shape index (κ2) is 6.39. The van der Waals surface area contributed by atoms with Gasteiger partial charge in [-0.3, -0.25) is 0 Å². The minimum Gasteiger partial charge on any atom is -0.390 e. The van der Waals surface area contributed by atoms with E-state index < -0.39 is 0 Å². The fourth-order valence-corrected chi connectivity index (χ4v) is 8.23. The van der Waals surface area contributed by atoms with Crippen LogP contribution in [0.25, 0.3) is 0 Å². The topological polar surface area (TPSA) is 20.2 Å². The van der Waals surface area contributed by atoms with Crippen molar-refractivity contribution in [3.63, 3.8) is 0 Å². The van der Waals surface area contributed by atoms with E-state index in [2.05, 4.69) is 33.8 Å². The lowest BCUT2D eigenvalue weighted by molar-refractivity contribution is -0.103. The first-order valence-electron chi connectivity index (χ1n) is 11.2. The summed E-state index contributed by atoms with van der Waals surface area (Å²) in [6, 6.07) is 0. The van der Waals surface area contributed by atoms with Crippen LogP contribution in [-0.4, -0.2) is 10.7 Å². The predicted molar refractivity (Wildman–Crippen MR) is 105 cm³/mol. The Hall–Kier alpha value is -0.300. The summed E-state index contributed by atoms with van der Waals surface area (Å²) >= 11 is 0. The predicted octanol–water partition coefficient (Wildman–Crippen LogP) is 6.36. The molecule has 0 heterocycles. The van der Waals surface area contributed by atoms with Gasteiger partial charge in [0, 0.05) is 0 Å². The van der Waals surface area contributed by atoms with Crippen molar-refractivity contribution in [1.82, 2.24) is 0 Å². The molecule has 4 aliphatic carbocycles. The largest absolute Gasteiger partial charge is 0.390 e. The molecule has 0 aliphatic heterocycles. The van der Waals surface area contributed by atoms with Crippen LogP contribution in [0.3, 0.4) is 0 Å². The van der Waals surface area contributed by atoms with Crippen LogP contribution in [0.2, 0.25) is 0 Å². The third-order valence-electron chi connectivity index (χ3n) is 9.09. The van der Waals surface area contributed by atoms with E-state index in [1.54, 1.807) is 5.57 Å². The number of hydrogen-bond acceptors (Lipinski definition) is 1. The average molecular weight is 345 g/mol. The van der Waals surface area contributed by atoms with Gasteiger partial charge < -0.3 is 5.11 Å². The first-order valence-corrected chi connectivity index (χ1v) is 11.2. The molecular formula is C24H40O. The molecule has 0 aromatic heterocycles. The second-order valence-corrected chi connectivity index (χ2v) is 10.8. The van der Waals surface area contributed by atoms with Gasteiger partial charge >= 0.3 is 0 Å². The quantitative estimate of drug-likeness (QED) is 0.578. The number of fused-ring (bicyclic) bond motifs is 5. The maximum Gasteiger partial charge on any atom is 0.0653 e. The van der Waals surface area contributed by atoms with E-state index in [-0.39, 0.29) is 5.60 Å². The summed E-state index contributed by atoms with van der Waals surface area (Å²) in [5, 5.41) is 11.1. The summed E-state index contributed by atoms with van der Waals surface area (Å²) < 4.78 is 0. The Morgan fingerprint density at radius 1 is 1.04 bits per heavy atom. The molecule has 1 N–H and O–H groups in total. The Morgan fingerprint density at radius 2 is 1.80 bits per heavy atom. The van der Waals surface area contributed by atoms with Gasteiger partial charge in [0.15, 0.2) is 0 Å². The van der Waals surface area contributed by atoms with E-state index in [9.17, 15) is 5.11 Å². The molecule has 0 bridgehead atoms. The molecule has 4 aliphatic rings. The Kier molecular flexibility index (Phi) is 4.63. The molecule has 4 rings (SSSR count). The second-order valence-electron chi connectivity index (χ2n) is 10.8. The minimum atomic E-state index is -0.350. The molecule has 0 amide bonds. The van der Waals surface area contributed by atoms with Gasteiger partial charge in [-0.25, -0.2) is 0 Å². The molecule has 0 radical (unpaired) electrons. The maximum absolute atomic E-state index is 11.1.